The Morgan fingerprint density at radius 3 is 2.81 bits per heavy atom. The molecule has 0 aliphatic heterocycles. The van der Waals surface area contributed by atoms with Gasteiger partial charge in [-0.2, -0.15) is 16.7 Å². The molecule has 1 saturated carbocycles. The van der Waals surface area contributed by atoms with E-state index in [9.17, 15) is 0 Å². The standard InChI is InChI=1S/C16H29N3OS/c1-3-9-17-14(13-7-5-6-8-13)11-16-18-15(19-20-16)12-21-10-4-2/h13-14,17H,3-12H2,1-2H3. The van der Waals surface area contributed by atoms with Gasteiger partial charge in [0, 0.05) is 12.5 Å². The zero-order valence-corrected chi connectivity index (χ0v) is 14.3. The lowest BCUT2D eigenvalue weighted by Gasteiger charge is -2.23. The molecule has 0 bridgehead atoms. The molecule has 2 rings (SSSR count). The van der Waals surface area contributed by atoms with E-state index < -0.39 is 0 Å². The van der Waals surface area contributed by atoms with Crippen LogP contribution in [0.3, 0.4) is 0 Å². The molecule has 1 aromatic rings. The maximum absolute atomic E-state index is 5.45. The van der Waals surface area contributed by atoms with Crippen molar-refractivity contribution in [2.45, 2.75) is 70.6 Å². The number of hydrogen-bond acceptors (Lipinski definition) is 5. The van der Waals surface area contributed by atoms with Crippen molar-refractivity contribution in [3.8, 4) is 0 Å². The van der Waals surface area contributed by atoms with Crippen LogP contribution >= 0.6 is 11.8 Å². The number of rotatable bonds is 10. The SMILES string of the molecule is CCCNC(Cc1nc(CSCCC)no1)C1CCCC1. The average Bonchev–Trinajstić information content (AvgIpc) is 3.15. The van der Waals surface area contributed by atoms with Crippen LogP contribution in [0.1, 0.15) is 64.1 Å². The van der Waals surface area contributed by atoms with Gasteiger partial charge in [-0.15, -0.1) is 0 Å². The number of hydrogen-bond donors (Lipinski definition) is 1. The highest BCUT2D eigenvalue weighted by atomic mass is 32.2. The molecular weight excluding hydrogens is 282 g/mol. The van der Waals surface area contributed by atoms with Gasteiger partial charge in [0.15, 0.2) is 5.82 Å². The predicted molar refractivity (Wildman–Crippen MR) is 88.5 cm³/mol. The molecule has 1 N–H and O–H groups in total. The molecule has 1 aliphatic rings. The second-order valence-electron chi connectivity index (χ2n) is 5.97. The van der Waals surface area contributed by atoms with Crippen LogP contribution in [0.5, 0.6) is 0 Å². The summed E-state index contributed by atoms with van der Waals surface area (Å²) < 4.78 is 5.45. The Hall–Kier alpha value is -0.550. The second kappa shape index (κ2) is 9.46. The predicted octanol–water partition coefficient (Wildman–Crippen LogP) is 3.81. The van der Waals surface area contributed by atoms with Crippen LogP contribution in [-0.2, 0) is 12.2 Å². The zero-order chi connectivity index (χ0) is 14.9. The first-order chi connectivity index (χ1) is 10.3. The van der Waals surface area contributed by atoms with E-state index in [0.717, 1.165) is 42.1 Å². The molecular formula is C16H29N3OS. The van der Waals surface area contributed by atoms with Gasteiger partial charge in [-0.25, -0.2) is 0 Å². The molecule has 1 aliphatic carbocycles. The first-order valence-electron chi connectivity index (χ1n) is 8.46. The van der Waals surface area contributed by atoms with Crippen LogP contribution in [0.4, 0.5) is 0 Å². The van der Waals surface area contributed by atoms with Gasteiger partial charge in [0.1, 0.15) is 0 Å². The summed E-state index contributed by atoms with van der Waals surface area (Å²) in [4.78, 5) is 4.56. The van der Waals surface area contributed by atoms with Gasteiger partial charge in [0.05, 0.1) is 5.75 Å². The van der Waals surface area contributed by atoms with Crippen LogP contribution in [0.15, 0.2) is 4.52 Å². The Morgan fingerprint density at radius 2 is 2.10 bits per heavy atom. The fraction of sp³-hybridized carbons (Fsp3) is 0.875. The normalized spacial score (nSPS) is 17.4. The minimum Gasteiger partial charge on any atom is -0.339 e. The Morgan fingerprint density at radius 1 is 1.29 bits per heavy atom. The summed E-state index contributed by atoms with van der Waals surface area (Å²) in [5, 5.41) is 7.80. The third-order valence-electron chi connectivity index (χ3n) is 4.11. The molecule has 0 aromatic carbocycles. The molecule has 4 nitrogen and oxygen atoms in total. The monoisotopic (exact) mass is 311 g/mol. The molecule has 5 heteroatoms. The summed E-state index contributed by atoms with van der Waals surface area (Å²) in [5.41, 5.74) is 0. The van der Waals surface area contributed by atoms with Gasteiger partial charge >= 0.3 is 0 Å². The molecule has 21 heavy (non-hydrogen) atoms. The number of aromatic nitrogens is 2. The van der Waals surface area contributed by atoms with Crippen molar-refractivity contribution in [2.75, 3.05) is 12.3 Å². The molecule has 1 fully saturated rings. The summed E-state index contributed by atoms with van der Waals surface area (Å²) >= 11 is 1.88. The first-order valence-corrected chi connectivity index (χ1v) is 9.61. The lowest BCUT2D eigenvalue weighted by atomic mass is 9.95. The molecule has 1 unspecified atom stereocenters. The van der Waals surface area contributed by atoms with E-state index in [-0.39, 0.29) is 0 Å². The van der Waals surface area contributed by atoms with Crippen molar-refractivity contribution >= 4 is 11.8 Å². The smallest absolute Gasteiger partial charge is 0.228 e. The van der Waals surface area contributed by atoms with E-state index in [1.807, 2.05) is 11.8 Å². The molecule has 1 heterocycles. The van der Waals surface area contributed by atoms with Crippen molar-refractivity contribution in [3.05, 3.63) is 11.7 Å². The van der Waals surface area contributed by atoms with Gasteiger partial charge < -0.3 is 9.84 Å². The maximum Gasteiger partial charge on any atom is 0.228 e. The van der Waals surface area contributed by atoms with Crippen molar-refractivity contribution < 1.29 is 4.52 Å². The quantitative estimate of drug-likeness (QED) is 0.666. The molecule has 0 amide bonds. The summed E-state index contributed by atoms with van der Waals surface area (Å²) in [6.07, 6.45) is 8.68. The third kappa shape index (κ3) is 5.62. The first kappa shape index (κ1) is 16.8. The lowest BCUT2D eigenvalue weighted by Crippen LogP contribution is -2.37. The summed E-state index contributed by atoms with van der Waals surface area (Å²) in [6.45, 7) is 5.49. The van der Waals surface area contributed by atoms with Crippen molar-refractivity contribution in [1.82, 2.24) is 15.5 Å². The number of nitrogens with zero attached hydrogens (tertiary/aromatic N) is 2. The third-order valence-corrected chi connectivity index (χ3v) is 5.27. The largest absolute Gasteiger partial charge is 0.339 e. The summed E-state index contributed by atoms with van der Waals surface area (Å²) in [5.74, 6) is 4.47. The van der Waals surface area contributed by atoms with Gasteiger partial charge in [0.2, 0.25) is 5.89 Å². The van der Waals surface area contributed by atoms with E-state index in [1.165, 1.54) is 38.5 Å². The Labute approximate surface area is 132 Å². The minimum atomic E-state index is 0.504. The van der Waals surface area contributed by atoms with Crippen molar-refractivity contribution in [3.63, 3.8) is 0 Å². The second-order valence-corrected chi connectivity index (χ2v) is 7.07. The van der Waals surface area contributed by atoms with E-state index in [0.29, 0.717) is 6.04 Å². The molecule has 1 aromatic heterocycles. The van der Waals surface area contributed by atoms with E-state index >= 15 is 0 Å². The highest BCUT2D eigenvalue weighted by Crippen LogP contribution is 2.29. The molecule has 0 radical (unpaired) electrons. The Kier molecular flexibility index (Phi) is 7.58. The highest BCUT2D eigenvalue weighted by Gasteiger charge is 2.26. The van der Waals surface area contributed by atoms with Crippen LogP contribution in [0, 0.1) is 5.92 Å². The number of thioether (sulfide) groups is 1. The zero-order valence-electron chi connectivity index (χ0n) is 13.4. The van der Waals surface area contributed by atoms with Gasteiger partial charge in [-0.05, 0) is 43.9 Å². The van der Waals surface area contributed by atoms with Gasteiger partial charge in [-0.3, -0.25) is 0 Å². The Bertz CT molecular complexity index is 391. The fourth-order valence-corrected chi connectivity index (χ4v) is 3.76. The average molecular weight is 311 g/mol. The van der Waals surface area contributed by atoms with Crippen LogP contribution < -0.4 is 5.32 Å². The topological polar surface area (TPSA) is 51.0 Å². The highest BCUT2D eigenvalue weighted by molar-refractivity contribution is 7.98. The van der Waals surface area contributed by atoms with Crippen LogP contribution in [0.25, 0.3) is 0 Å². The molecule has 0 saturated heterocycles. The molecule has 0 spiro atoms. The van der Waals surface area contributed by atoms with Crippen LogP contribution in [0.2, 0.25) is 0 Å². The maximum atomic E-state index is 5.45. The van der Waals surface area contributed by atoms with Crippen molar-refractivity contribution in [1.29, 1.82) is 0 Å². The molecule has 1 atom stereocenters. The van der Waals surface area contributed by atoms with Crippen LogP contribution in [-0.4, -0.2) is 28.5 Å². The fourth-order valence-electron chi connectivity index (χ4n) is 3.02. The number of nitrogens with one attached hydrogen (secondary N) is 1. The molecule has 120 valence electrons. The van der Waals surface area contributed by atoms with Crippen molar-refractivity contribution in [2.24, 2.45) is 5.92 Å². The van der Waals surface area contributed by atoms with E-state index in [4.69, 9.17) is 4.52 Å². The Balaban J connectivity index is 1.86. The summed E-state index contributed by atoms with van der Waals surface area (Å²) in [7, 11) is 0. The van der Waals surface area contributed by atoms with E-state index in [2.05, 4.69) is 29.3 Å². The minimum absolute atomic E-state index is 0.504. The van der Waals surface area contributed by atoms with E-state index in [1.54, 1.807) is 0 Å². The summed E-state index contributed by atoms with van der Waals surface area (Å²) in [6, 6.07) is 0.504. The lowest BCUT2D eigenvalue weighted by molar-refractivity contribution is 0.307. The van der Waals surface area contributed by atoms with Gasteiger partial charge in [-0.1, -0.05) is 31.8 Å². The van der Waals surface area contributed by atoms with Gasteiger partial charge in [0.25, 0.3) is 0 Å².